The first-order chi connectivity index (χ1) is 4.91. The van der Waals surface area contributed by atoms with Crippen LogP contribution >= 0.6 is 0 Å². The van der Waals surface area contributed by atoms with Gasteiger partial charge in [0.15, 0.2) is 0 Å². The summed E-state index contributed by atoms with van der Waals surface area (Å²) in [6.07, 6.45) is 6.70. The van der Waals surface area contributed by atoms with Gasteiger partial charge in [0, 0.05) is 24.8 Å². The lowest BCUT2D eigenvalue weighted by molar-refractivity contribution is 1.48. The molecule has 0 saturated carbocycles. The van der Waals surface area contributed by atoms with E-state index in [1.165, 1.54) is 0 Å². The van der Waals surface area contributed by atoms with Crippen molar-refractivity contribution in [3.8, 4) is 0 Å². The van der Waals surface area contributed by atoms with Crippen molar-refractivity contribution in [1.29, 1.82) is 0 Å². The van der Waals surface area contributed by atoms with Crippen LogP contribution in [0.1, 0.15) is 27.7 Å². The van der Waals surface area contributed by atoms with E-state index in [-0.39, 0.29) is 0 Å². The van der Waals surface area contributed by atoms with Gasteiger partial charge < -0.3 is 0 Å². The van der Waals surface area contributed by atoms with Crippen LogP contribution in [0.3, 0.4) is 0 Å². The summed E-state index contributed by atoms with van der Waals surface area (Å²) >= 11 is 0. The van der Waals surface area contributed by atoms with Gasteiger partial charge in [-0.1, -0.05) is 13.8 Å². The van der Waals surface area contributed by atoms with Crippen LogP contribution in [0.15, 0.2) is 22.4 Å². The summed E-state index contributed by atoms with van der Waals surface area (Å²) in [4.78, 5) is 7.58. The lowest BCUT2D eigenvalue weighted by Gasteiger charge is -1.69. The third-order valence-corrected chi connectivity index (χ3v) is 0.537. The molecule has 0 atom stereocenters. The average molecular weight is 140 g/mol. The Morgan fingerprint density at radius 3 is 1.30 bits per heavy atom. The first-order valence-corrected chi connectivity index (χ1v) is 3.52. The van der Waals surface area contributed by atoms with Crippen molar-refractivity contribution in [3.05, 3.63) is 12.4 Å². The molecule has 0 heterocycles. The maximum absolute atomic E-state index is 3.79. The Morgan fingerprint density at radius 1 is 0.800 bits per heavy atom. The van der Waals surface area contributed by atoms with Crippen molar-refractivity contribution in [2.75, 3.05) is 0 Å². The molecular formula is C8H16N2. The molecule has 0 aromatic rings. The van der Waals surface area contributed by atoms with Crippen LogP contribution in [-0.2, 0) is 0 Å². The predicted molar refractivity (Wildman–Crippen MR) is 48.8 cm³/mol. The van der Waals surface area contributed by atoms with Crippen LogP contribution in [0.5, 0.6) is 0 Å². The van der Waals surface area contributed by atoms with Crippen LogP contribution in [0.25, 0.3) is 0 Å². The van der Waals surface area contributed by atoms with Crippen LogP contribution in [-0.4, -0.2) is 12.4 Å². The molecule has 2 nitrogen and oxygen atoms in total. The molecule has 0 aromatic heterocycles. The molecule has 0 amide bonds. The molecule has 58 valence electrons. The summed E-state index contributed by atoms with van der Waals surface area (Å²) < 4.78 is 0. The molecule has 0 aliphatic carbocycles. The molecular weight excluding hydrogens is 124 g/mol. The normalized spacial score (nSPS) is 10.8. The van der Waals surface area contributed by atoms with Gasteiger partial charge in [0.25, 0.3) is 0 Å². The highest BCUT2D eigenvalue weighted by Crippen LogP contribution is 1.72. The van der Waals surface area contributed by atoms with E-state index >= 15 is 0 Å². The molecule has 0 spiro atoms. The molecule has 0 aromatic carbocycles. The highest BCUT2D eigenvalue weighted by molar-refractivity contribution is 5.55. The molecule has 0 radical (unpaired) electrons. The van der Waals surface area contributed by atoms with Crippen molar-refractivity contribution < 1.29 is 0 Å². The fraction of sp³-hybridized carbons (Fsp3) is 0.500. The molecule has 0 N–H and O–H groups in total. The zero-order chi connectivity index (χ0) is 8.24. The summed E-state index contributed by atoms with van der Waals surface area (Å²) in [5.74, 6) is 0. The molecule has 0 bridgehead atoms. The van der Waals surface area contributed by atoms with E-state index in [9.17, 15) is 0 Å². The minimum Gasteiger partial charge on any atom is -0.268 e. The van der Waals surface area contributed by atoms with Gasteiger partial charge in [-0.15, -0.1) is 0 Å². The van der Waals surface area contributed by atoms with Crippen molar-refractivity contribution in [1.82, 2.24) is 0 Å². The summed E-state index contributed by atoms with van der Waals surface area (Å²) in [5, 5.41) is 0. The maximum Gasteiger partial charge on any atom is 0.0446 e. The molecule has 0 saturated heterocycles. The molecule has 10 heavy (non-hydrogen) atoms. The Labute approximate surface area is 63.4 Å². The average Bonchev–Trinajstić information content (AvgIpc) is 2.02. The van der Waals surface area contributed by atoms with Gasteiger partial charge in [0.05, 0.1) is 0 Å². The van der Waals surface area contributed by atoms with Gasteiger partial charge in [-0.2, -0.15) is 0 Å². The van der Waals surface area contributed by atoms with E-state index in [1.54, 1.807) is 24.8 Å². The van der Waals surface area contributed by atoms with Crippen LogP contribution in [0.2, 0.25) is 0 Å². The van der Waals surface area contributed by atoms with Crippen molar-refractivity contribution >= 4 is 12.4 Å². The Morgan fingerprint density at radius 2 is 1.10 bits per heavy atom. The van der Waals surface area contributed by atoms with Gasteiger partial charge in [-0.25, -0.2) is 0 Å². The van der Waals surface area contributed by atoms with Crippen LogP contribution in [0, 0.1) is 0 Å². The van der Waals surface area contributed by atoms with Crippen LogP contribution < -0.4 is 0 Å². The minimum atomic E-state index is 1.64. The van der Waals surface area contributed by atoms with Gasteiger partial charge in [-0.3, -0.25) is 9.98 Å². The third-order valence-electron chi connectivity index (χ3n) is 0.537. The number of hydrogen-bond donors (Lipinski definition) is 0. The standard InChI is InChI=1S/C6H10N2.C2H6/c1-3-7-5-6-8-4-2;1-2/h3-6H,1-2H3;1-2H3/b6-5-,7-3?,8-4?;. The molecule has 0 rings (SSSR count). The summed E-state index contributed by atoms with van der Waals surface area (Å²) in [6.45, 7) is 7.72. The quantitative estimate of drug-likeness (QED) is 0.527. The Hall–Kier alpha value is -0.920. The monoisotopic (exact) mass is 140 g/mol. The summed E-state index contributed by atoms with van der Waals surface area (Å²) in [7, 11) is 0. The second-order valence-electron chi connectivity index (χ2n) is 1.11. The van der Waals surface area contributed by atoms with Gasteiger partial charge in [0.2, 0.25) is 0 Å². The lowest BCUT2D eigenvalue weighted by Crippen LogP contribution is -1.55. The topological polar surface area (TPSA) is 24.7 Å². The van der Waals surface area contributed by atoms with Gasteiger partial charge in [0.1, 0.15) is 0 Å². The summed E-state index contributed by atoms with van der Waals surface area (Å²) in [6, 6.07) is 0. The number of nitrogens with zero attached hydrogens (tertiary/aromatic N) is 2. The molecule has 0 fully saturated rings. The highest BCUT2D eigenvalue weighted by atomic mass is 14.7. The van der Waals surface area contributed by atoms with E-state index < -0.39 is 0 Å². The SMILES string of the molecule is CC.CC=N/C=C\N=CC. The molecule has 0 aliphatic heterocycles. The third kappa shape index (κ3) is 15.7. The number of aliphatic imine (C=N–C) groups is 2. The van der Waals surface area contributed by atoms with Crippen molar-refractivity contribution in [3.63, 3.8) is 0 Å². The first kappa shape index (κ1) is 11.8. The molecule has 0 aliphatic rings. The Balaban J connectivity index is 0. The van der Waals surface area contributed by atoms with Crippen LogP contribution in [0.4, 0.5) is 0 Å². The smallest absolute Gasteiger partial charge is 0.0446 e. The number of rotatable bonds is 2. The van der Waals surface area contributed by atoms with Crippen molar-refractivity contribution in [2.45, 2.75) is 27.7 Å². The van der Waals surface area contributed by atoms with E-state index in [4.69, 9.17) is 0 Å². The second-order valence-corrected chi connectivity index (χ2v) is 1.11. The summed E-state index contributed by atoms with van der Waals surface area (Å²) in [5.41, 5.74) is 0. The zero-order valence-corrected chi connectivity index (χ0v) is 7.20. The lowest BCUT2D eigenvalue weighted by atomic mass is 10.8. The second kappa shape index (κ2) is 15.7. The fourth-order valence-corrected chi connectivity index (χ4v) is 0.249. The van der Waals surface area contributed by atoms with Gasteiger partial charge >= 0.3 is 0 Å². The first-order valence-electron chi connectivity index (χ1n) is 3.52. The van der Waals surface area contributed by atoms with E-state index in [0.717, 1.165) is 0 Å². The molecule has 0 unspecified atom stereocenters. The highest BCUT2D eigenvalue weighted by Gasteiger charge is 1.55. The van der Waals surface area contributed by atoms with Gasteiger partial charge in [-0.05, 0) is 13.8 Å². The Kier molecular flexibility index (Phi) is 18.6. The fourth-order valence-electron chi connectivity index (χ4n) is 0.249. The molecule has 2 heteroatoms. The Bertz CT molecular complexity index is 98.4. The van der Waals surface area contributed by atoms with E-state index in [2.05, 4.69) is 9.98 Å². The van der Waals surface area contributed by atoms with E-state index in [1.807, 2.05) is 27.7 Å². The zero-order valence-electron chi connectivity index (χ0n) is 7.20. The van der Waals surface area contributed by atoms with E-state index in [0.29, 0.717) is 0 Å². The number of hydrogen-bond acceptors (Lipinski definition) is 2. The van der Waals surface area contributed by atoms with Crippen molar-refractivity contribution in [2.24, 2.45) is 9.98 Å². The predicted octanol–water partition coefficient (Wildman–Crippen LogP) is 2.67. The largest absolute Gasteiger partial charge is 0.268 e. The maximum atomic E-state index is 3.79. The minimum absolute atomic E-state index is 1.64.